The van der Waals surface area contributed by atoms with Crippen LogP contribution in [0.1, 0.15) is 45.4 Å². The fourth-order valence-electron chi connectivity index (χ4n) is 3.69. The van der Waals surface area contributed by atoms with Crippen LogP contribution in [0.25, 0.3) is 0 Å². The van der Waals surface area contributed by atoms with Crippen LogP contribution in [0.5, 0.6) is 0 Å². The molecule has 154 valence electrons. The summed E-state index contributed by atoms with van der Waals surface area (Å²) in [6.45, 7) is 9.06. The Hall–Kier alpha value is -2.14. The second-order valence-corrected chi connectivity index (χ2v) is 7.55. The predicted octanol–water partition coefficient (Wildman–Crippen LogP) is 3.61. The average Bonchev–Trinajstić information content (AvgIpc) is 2.72. The van der Waals surface area contributed by atoms with Crippen molar-refractivity contribution in [1.82, 2.24) is 10.2 Å². The van der Waals surface area contributed by atoms with Gasteiger partial charge in [0.15, 0.2) is 0 Å². The molecule has 1 saturated heterocycles. The number of likely N-dealkylation sites (tertiary alicyclic amines) is 1. The van der Waals surface area contributed by atoms with Gasteiger partial charge in [0.25, 0.3) is 0 Å². The molecule has 5 heteroatoms. The molecule has 2 rings (SSSR count). The minimum absolute atomic E-state index is 0.0164. The van der Waals surface area contributed by atoms with Crippen LogP contribution < -0.4 is 10.2 Å². The standard InChI is InChI=1S/C23H35N3O2/c1-3-5-6-10-15-24-23(28)20-12-11-17-25(18-20)19-22(27)26(16-4-2)21-13-8-7-9-14-21/h4,7-9,13-14,20H,2-3,5-6,10-12,15-19H2,1H3,(H,24,28). The molecule has 1 heterocycles. The lowest BCUT2D eigenvalue weighted by Crippen LogP contribution is -2.47. The molecular weight excluding hydrogens is 350 g/mol. The van der Waals surface area contributed by atoms with Crippen LogP contribution in [-0.2, 0) is 9.59 Å². The molecule has 1 fully saturated rings. The first-order valence-corrected chi connectivity index (χ1v) is 10.6. The maximum Gasteiger partial charge on any atom is 0.241 e. The molecule has 1 unspecified atom stereocenters. The van der Waals surface area contributed by atoms with Crippen LogP contribution in [0.2, 0.25) is 0 Å². The highest BCUT2D eigenvalue weighted by Crippen LogP contribution is 2.18. The Morgan fingerprint density at radius 2 is 2.04 bits per heavy atom. The van der Waals surface area contributed by atoms with E-state index in [9.17, 15) is 9.59 Å². The summed E-state index contributed by atoms with van der Waals surface area (Å²) in [6, 6.07) is 9.68. The van der Waals surface area contributed by atoms with Crippen LogP contribution in [-0.4, -0.2) is 49.4 Å². The van der Waals surface area contributed by atoms with Crippen molar-refractivity contribution in [2.45, 2.75) is 45.4 Å². The van der Waals surface area contributed by atoms with Crippen LogP contribution in [0.3, 0.4) is 0 Å². The number of anilines is 1. The molecule has 0 radical (unpaired) electrons. The van der Waals surface area contributed by atoms with Crippen LogP contribution in [0.4, 0.5) is 5.69 Å². The molecular formula is C23H35N3O2. The molecule has 1 aromatic carbocycles. The van der Waals surface area contributed by atoms with Crippen molar-refractivity contribution in [1.29, 1.82) is 0 Å². The topological polar surface area (TPSA) is 52.7 Å². The van der Waals surface area contributed by atoms with E-state index in [4.69, 9.17) is 0 Å². The number of hydrogen-bond acceptors (Lipinski definition) is 3. The Bertz CT molecular complexity index is 618. The fraction of sp³-hybridized carbons (Fsp3) is 0.565. The zero-order valence-corrected chi connectivity index (χ0v) is 17.2. The molecule has 0 bridgehead atoms. The molecule has 1 N–H and O–H groups in total. The van der Waals surface area contributed by atoms with Gasteiger partial charge in [-0.15, -0.1) is 6.58 Å². The molecule has 1 atom stereocenters. The Morgan fingerprint density at radius 1 is 1.25 bits per heavy atom. The van der Waals surface area contributed by atoms with Crippen molar-refractivity contribution in [2.75, 3.05) is 37.6 Å². The highest BCUT2D eigenvalue weighted by atomic mass is 16.2. The summed E-state index contributed by atoms with van der Waals surface area (Å²) in [5.74, 6) is 0.170. The predicted molar refractivity (Wildman–Crippen MR) is 115 cm³/mol. The summed E-state index contributed by atoms with van der Waals surface area (Å²) < 4.78 is 0. The molecule has 0 saturated carbocycles. The van der Waals surface area contributed by atoms with E-state index >= 15 is 0 Å². The third kappa shape index (κ3) is 7.12. The van der Waals surface area contributed by atoms with Crippen molar-refractivity contribution in [3.8, 4) is 0 Å². The Morgan fingerprint density at radius 3 is 2.75 bits per heavy atom. The third-order valence-electron chi connectivity index (χ3n) is 5.25. The molecule has 1 aromatic rings. The van der Waals surface area contributed by atoms with E-state index in [2.05, 4.69) is 23.7 Å². The number of amides is 2. The number of carbonyl (C=O) groups is 2. The van der Waals surface area contributed by atoms with E-state index in [0.29, 0.717) is 19.6 Å². The van der Waals surface area contributed by atoms with Gasteiger partial charge in [-0.25, -0.2) is 0 Å². The lowest BCUT2D eigenvalue weighted by molar-refractivity contribution is -0.128. The molecule has 2 amide bonds. The second kappa shape index (κ2) is 12.3. The SMILES string of the molecule is C=CCN(C(=O)CN1CCCC(C(=O)NCCCCCC)C1)c1ccccc1. The van der Waals surface area contributed by atoms with Crippen LogP contribution >= 0.6 is 0 Å². The van der Waals surface area contributed by atoms with Crippen molar-refractivity contribution >= 4 is 17.5 Å². The molecule has 1 aliphatic heterocycles. The highest BCUT2D eigenvalue weighted by Gasteiger charge is 2.27. The quantitative estimate of drug-likeness (QED) is 0.468. The first-order chi connectivity index (χ1) is 13.7. The maximum absolute atomic E-state index is 12.9. The van der Waals surface area contributed by atoms with E-state index < -0.39 is 0 Å². The number of para-hydroxylation sites is 1. The summed E-state index contributed by atoms with van der Waals surface area (Å²) in [7, 11) is 0. The van der Waals surface area contributed by atoms with Gasteiger partial charge >= 0.3 is 0 Å². The van der Waals surface area contributed by atoms with Gasteiger partial charge in [-0.1, -0.05) is 50.5 Å². The van der Waals surface area contributed by atoms with Gasteiger partial charge in [-0.2, -0.15) is 0 Å². The van der Waals surface area contributed by atoms with Gasteiger partial charge in [0.2, 0.25) is 11.8 Å². The van der Waals surface area contributed by atoms with Crippen molar-refractivity contribution in [2.24, 2.45) is 5.92 Å². The Balaban J connectivity index is 1.84. The zero-order valence-electron chi connectivity index (χ0n) is 17.2. The maximum atomic E-state index is 12.9. The summed E-state index contributed by atoms with van der Waals surface area (Å²) >= 11 is 0. The number of nitrogens with one attached hydrogen (secondary N) is 1. The minimum Gasteiger partial charge on any atom is -0.356 e. The van der Waals surface area contributed by atoms with Gasteiger partial charge < -0.3 is 10.2 Å². The van der Waals surface area contributed by atoms with Gasteiger partial charge in [0.1, 0.15) is 0 Å². The number of piperidine rings is 1. The Kier molecular flexibility index (Phi) is 9.77. The summed E-state index contributed by atoms with van der Waals surface area (Å²) in [5.41, 5.74) is 0.880. The van der Waals surface area contributed by atoms with Crippen molar-refractivity contribution < 1.29 is 9.59 Å². The largest absolute Gasteiger partial charge is 0.356 e. The molecule has 0 spiro atoms. The average molecular weight is 386 g/mol. The lowest BCUT2D eigenvalue weighted by atomic mass is 9.97. The third-order valence-corrected chi connectivity index (χ3v) is 5.25. The van der Waals surface area contributed by atoms with Gasteiger partial charge in [-0.3, -0.25) is 14.5 Å². The summed E-state index contributed by atoms with van der Waals surface area (Å²) in [5, 5.41) is 3.08. The number of nitrogens with zero attached hydrogens (tertiary/aromatic N) is 2. The summed E-state index contributed by atoms with van der Waals surface area (Å²) in [4.78, 5) is 29.2. The number of rotatable bonds is 11. The van der Waals surface area contributed by atoms with E-state index in [1.165, 1.54) is 19.3 Å². The monoisotopic (exact) mass is 385 g/mol. The van der Waals surface area contributed by atoms with Crippen LogP contribution in [0, 0.1) is 5.92 Å². The van der Waals surface area contributed by atoms with E-state index in [1.54, 1.807) is 11.0 Å². The highest BCUT2D eigenvalue weighted by molar-refractivity contribution is 5.95. The van der Waals surface area contributed by atoms with E-state index in [-0.39, 0.29) is 17.7 Å². The lowest BCUT2D eigenvalue weighted by Gasteiger charge is -2.33. The first kappa shape index (κ1) is 22.2. The smallest absolute Gasteiger partial charge is 0.241 e. The molecule has 28 heavy (non-hydrogen) atoms. The summed E-state index contributed by atoms with van der Waals surface area (Å²) in [6.07, 6.45) is 8.23. The van der Waals surface area contributed by atoms with Crippen molar-refractivity contribution in [3.05, 3.63) is 43.0 Å². The number of unbranched alkanes of at least 4 members (excludes halogenated alkanes) is 3. The molecule has 0 aliphatic carbocycles. The number of carbonyl (C=O) groups excluding carboxylic acids is 2. The fourth-order valence-corrected chi connectivity index (χ4v) is 3.69. The second-order valence-electron chi connectivity index (χ2n) is 7.55. The van der Waals surface area contributed by atoms with E-state index in [0.717, 1.165) is 38.0 Å². The molecule has 1 aliphatic rings. The van der Waals surface area contributed by atoms with Gasteiger partial charge in [0, 0.05) is 25.3 Å². The Labute approximate surface area is 169 Å². The minimum atomic E-state index is -0.0164. The van der Waals surface area contributed by atoms with Gasteiger partial charge in [0.05, 0.1) is 12.5 Å². The van der Waals surface area contributed by atoms with Crippen LogP contribution in [0.15, 0.2) is 43.0 Å². The number of hydrogen-bond donors (Lipinski definition) is 1. The molecule has 5 nitrogen and oxygen atoms in total. The first-order valence-electron chi connectivity index (χ1n) is 10.6. The number of benzene rings is 1. The normalized spacial score (nSPS) is 17.1. The van der Waals surface area contributed by atoms with Crippen molar-refractivity contribution in [3.63, 3.8) is 0 Å². The zero-order chi connectivity index (χ0) is 20.2. The van der Waals surface area contributed by atoms with Gasteiger partial charge in [-0.05, 0) is 37.9 Å². The molecule has 0 aromatic heterocycles. The van der Waals surface area contributed by atoms with E-state index in [1.807, 2.05) is 30.3 Å².